The molecule has 0 saturated heterocycles. The molecule has 124 valence electrons. The van der Waals surface area contributed by atoms with Crippen molar-refractivity contribution in [3.63, 3.8) is 0 Å². The van der Waals surface area contributed by atoms with Gasteiger partial charge in [0.25, 0.3) is 5.91 Å². The van der Waals surface area contributed by atoms with Gasteiger partial charge in [-0.05, 0) is 25.0 Å². The first-order chi connectivity index (χ1) is 10.9. The van der Waals surface area contributed by atoms with Crippen LogP contribution in [0.4, 0.5) is 13.2 Å². The Kier molecular flexibility index (Phi) is 5.02. The van der Waals surface area contributed by atoms with Crippen molar-refractivity contribution in [3.05, 3.63) is 30.1 Å². The SMILES string of the molecule is CCC(CC)=NNC(=O)Cn1c(C(F)(F)F)nc2ccccc21. The van der Waals surface area contributed by atoms with E-state index in [0.717, 1.165) is 10.3 Å². The molecule has 0 radical (unpaired) electrons. The number of aromatic nitrogens is 2. The summed E-state index contributed by atoms with van der Waals surface area (Å²) in [6.45, 7) is 3.28. The van der Waals surface area contributed by atoms with E-state index in [1.807, 2.05) is 13.8 Å². The van der Waals surface area contributed by atoms with Gasteiger partial charge < -0.3 is 4.57 Å². The Morgan fingerprint density at radius 2 is 1.91 bits per heavy atom. The molecule has 2 rings (SSSR count). The standard InChI is InChI=1S/C15H17F3N4O/c1-3-10(4-2)20-21-13(23)9-22-12-8-6-5-7-11(12)19-14(22)15(16,17)18/h5-8H,3-4,9H2,1-2H3,(H,21,23). The molecule has 0 aliphatic rings. The average Bonchev–Trinajstić information content (AvgIpc) is 2.87. The van der Waals surface area contributed by atoms with Crippen LogP contribution in [0.2, 0.25) is 0 Å². The van der Waals surface area contributed by atoms with Crippen LogP contribution >= 0.6 is 0 Å². The molecule has 0 unspecified atom stereocenters. The van der Waals surface area contributed by atoms with Gasteiger partial charge in [-0.15, -0.1) is 0 Å². The molecule has 0 aliphatic carbocycles. The number of para-hydroxylation sites is 2. The van der Waals surface area contributed by atoms with Crippen LogP contribution in [0.15, 0.2) is 29.4 Å². The first kappa shape index (κ1) is 17.0. The number of alkyl halides is 3. The summed E-state index contributed by atoms with van der Waals surface area (Å²) in [5.74, 6) is -1.72. The summed E-state index contributed by atoms with van der Waals surface area (Å²) in [6.07, 6.45) is -3.31. The van der Waals surface area contributed by atoms with Crippen LogP contribution in [0.1, 0.15) is 32.5 Å². The number of amides is 1. The number of carbonyl (C=O) groups excluding carboxylic acids is 1. The van der Waals surface area contributed by atoms with E-state index in [0.29, 0.717) is 12.8 Å². The van der Waals surface area contributed by atoms with Crippen LogP contribution in [0.5, 0.6) is 0 Å². The first-order valence-electron chi connectivity index (χ1n) is 7.23. The Balaban J connectivity index is 2.31. The Hall–Kier alpha value is -2.38. The fourth-order valence-corrected chi connectivity index (χ4v) is 2.18. The largest absolute Gasteiger partial charge is 0.449 e. The zero-order valence-corrected chi connectivity index (χ0v) is 12.8. The molecule has 0 saturated carbocycles. The van der Waals surface area contributed by atoms with Crippen molar-refractivity contribution in [2.45, 2.75) is 39.4 Å². The predicted octanol–water partition coefficient (Wildman–Crippen LogP) is 3.35. The van der Waals surface area contributed by atoms with Gasteiger partial charge >= 0.3 is 6.18 Å². The van der Waals surface area contributed by atoms with E-state index >= 15 is 0 Å². The summed E-state index contributed by atoms with van der Waals surface area (Å²) in [5, 5.41) is 3.92. The normalized spacial score (nSPS) is 11.5. The highest BCUT2D eigenvalue weighted by molar-refractivity contribution is 5.86. The van der Waals surface area contributed by atoms with E-state index in [1.54, 1.807) is 12.1 Å². The second-order valence-electron chi connectivity index (χ2n) is 4.93. The van der Waals surface area contributed by atoms with E-state index in [1.165, 1.54) is 12.1 Å². The summed E-state index contributed by atoms with van der Waals surface area (Å²) in [6, 6.07) is 6.17. The molecule has 0 aliphatic heterocycles. The fourth-order valence-electron chi connectivity index (χ4n) is 2.18. The topological polar surface area (TPSA) is 59.3 Å². The van der Waals surface area contributed by atoms with E-state index in [-0.39, 0.29) is 11.0 Å². The lowest BCUT2D eigenvalue weighted by Gasteiger charge is -2.10. The van der Waals surface area contributed by atoms with Gasteiger partial charge in [-0.2, -0.15) is 18.3 Å². The quantitative estimate of drug-likeness (QED) is 0.677. The van der Waals surface area contributed by atoms with Crippen LogP contribution in [-0.4, -0.2) is 21.2 Å². The van der Waals surface area contributed by atoms with Gasteiger partial charge in [0, 0.05) is 5.71 Å². The highest BCUT2D eigenvalue weighted by Gasteiger charge is 2.37. The van der Waals surface area contributed by atoms with E-state index in [4.69, 9.17) is 0 Å². The van der Waals surface area contributed by atoms with E-state index in [2.05, 4.69) is 15.5 Å². The Morgan fingerprint density at radius 3 is 2.52 bits per heavy atom. The fraction of sp³-hybridized carbons (Fsp3) is 0.400. The smallest absolute Gasteiger partial charge is 0.311 e. The number of nitrogens with zero attached hydrogens (tertiary/aromatic N) is 3. The molecule has 1 heterocycles. The molecule has 0 atom stereocenters. The second-order valence-corrected chi connectivity index (χ2v) is 4.93. The number of rotatable bonds is 5. The highest BCUT2D eigenvalue weighted by atomic mass is 19.4. The van der Waals surface area contributed by atoms with Crippen molar-refractivity contribution >= 4 is 22.7 Å². The van der Waals surface area contributed by atoms with E-state index in [9.17, 15) is 18.0 Å². The molecule has 0 fully saturated rings. The molecule has 0 bridgehead atoms. The lowest BCUT2D eigenvalue weighted by atomic mass is 10.2. The molecule has 1 amide bonds. The van der Waals surface area contributed by atoms with Gasteiger partial charge in [-0.3, -0.25) is 4.79 Å². The highest BCUT2D eigenvalue weighted by Crippen LogP contribution is 2.31. The maximum Gasteiger partial charge on any atom is 0.449 e. The lowest BCUT2D eigenvalue weighted by molar-refractivity contribution is -0.147. The molecule has 0 spiro atoms. The van der Waals surface area contributed by atoms with Gasteiger partial charge in [-0.1, -0.05) is 26.0 Å². The number of fused-ring (bicyclic) bond motifs is 1. The molecular weight excluding hydrogens is 309 g/mol. The van der Waals surface area contributed by atoms with Gasteiger partial charge in [-0.25, -0.2) is 10.4 Å². The molecule has 5 nitrogen and oxygen atoms in total. The minimum atomic E-state index is -4.64. The summed E-state index contributed by atoms with van der Waals surface area (Å²) < 4.78 is 40.2. The summed E-state index contributed by atoms with van der Waals surface area (Å²) >= 11 is 0. The average molecular weight is 326 g/mol. The number of benzene rings is 1. The minimum absolute atomic E-state index is 0.193. The summed E-state index contributed by atoms with van der Waals surface area (Å²) in [4.78, 5) is 15.5. The number of carbonyl (C=O) groups is 1. The molecule has 1 aromatic carbocycles. The zero-order valence-electron chi connectivity index (χ0n) is 12.8. The van der Waals surface area contributed by atoms with Crippen molar-refractivity contribution in [2.24, 2.45) is 5.10 Å². The van der Waals surface area contributed by atoms with Crippen LogP contribution in [0, 0.1) is 0 Å². The van der Waals surface area contributed by atoms with Crippen LogP contribution in [0.3, 0.4) is 0 Å². The number of imidazole rings is 1. The molecule has 1 aromatic heterocycles. The maximum atomic E-state index is 13.1. The molecule has 1 N–H and O–H groups in total. The summed E-state index contributed by atoms with van der Waals surface area (Å²) in [7, 11) is 0. The Bertz CT molecular complexity index is 728. The zero-order chi connectivity index (χ0) is 17.0. The van der Waals surface area contributed by atoms with Crippen LogP contribution in [-0.2, 0) is 17.5 Å². The number of nitrogens with one attached hydrogen (secondary N) is 1. The third kappa shape index (κ3) is 3.88. The van der Waals surface area contributed by atoms with Gasteiger partial charge in [0.15, 0.2) is 0 Å². The monoisotopic (exact) mass is 326 g/mol. The van der Waals surface area contributed by atoms with Crippen molar-refractivity contribution in [1.29, 1.82) is 0 Å². The maximum absolute atomic E-state index is 13.1. The van der Waals surface area contributed by atoms with Crippen molar-refractivity contribution in [2.75, 3.05) is 0 Å². The Labute approximate surface area is 131 Å². The van der Waals surface area contributed by atoms with Crippen LogP contribution < -0.4 is 5.43 Å². The number of hydrogen-bond acceptors (Lipinski definition) is 3. The molecule has 8 heteroatoms. The minimum Gasteiger partial charge on any atom is -0.311 e. The first-order valence-corrected chi connectivity index (χ1v) is 7.23. The van der Waals surface area contributed by atoms with Crippen molar-refractivity contribution < 1.29 is 18.0 Å². The Morgan fingerprint density at radius 1 is 1.26 bits per heavy atom. The van der Waals surface area contributed by atoms with Crippen molar-refractivity contribution in [3.8, 4) is 0 Å². The number of halogens is 3. The van der Waals surface area contributed by atoms with Gasteiger partial charge in [0.1, 0.15) is 6.54 Å². The third-order valence-electron chi connectivity index (χ3n) is 3.36. The van der Waals surface area contributed by atoms with Crippen LogP contribution in [0.25, 0.3) is 11.0 Å². The molecule has 23 heavy (non-hydrogen) atoms. The van der Waals surface area contributed by atoms with Crippen molar-refractivity contribution in [1.82, 2.24) is 15.0 Å². The predicted molar refractivity (Wildman–Crippen MR) is 80.9 cm³/mol. The third-order valence-corrected chi connectivity index (χ3v) is 3.36. The molecular formula is C15H17F3N4O. The number of hydrazone groups is 1. The summed E-state index contributed by atoms with van der Waals surface area (Å²) in [5.41, 5.74) is 3.52. The second kappa shape index (κ2) is 6.80. The van der Waals surface area contributed by atoms with E-state index < -0.39 is 24.5 Å². The number of hydrogen-bond donors (Lipinski definition) is 1. The van der Waals surface area contributed by atoms with Gasteiger partial charge in [0.05, 0.1) is 11.0 Å². The molecule has 2 aromatic rings. The lowest BCUT2D eigenvalue weighted by Crippen LogP contribution is -2.27. The van der Waals surface area contributed by atoms with Gasteiger partial charge in [0.2, 0.25) is 5.82 Å².